The number of anilines is 1. The molecule has 0 aliphatic carbocycles. The largest absolute Gasteiger partial charge is 0.484 e. The lowest BCUT2D eigenvalue weighted by molar-refractivity contribution is -0.119. The van der Waals surface area contributed by atoms with Crippen molar-refractivity contribution in [2.45, 2.75) is 31.7 Å². The van der Waals surface area contributed by atoms with Crippen molar-refractivity contribution in [1.82, 2.24) is 9.88 Å². The molecule has 1 aliphatic rings. The average molecular weight is 368 g/mol. The van der Waals surface area contributed by atoms with Crippen molar-refractivity contribution in [3.8, 4) is 5.75 Å². The van der Waals surface area contributed by atoms with Crippen LogP contribution in [0.2, 0.25) is 0 Å². The molecule has 2 aromatic rings. The van der Waals surface area contributed by atoms with Crippen molar-refractivity contribution >= 4 is 17.6 Å². The molecule has 0 saturated carbocycles. The highest BCUT2D eigenvalue weighted by Gasteiger charge is 2.26. The van der Waals surface area contributed by atoms with Crippen LogP contribution in [-0.4, -0.2) is 35.0 Å². The van der Waals surface area contributed by atoms with Crippen molar-refractivity contribution in [2.75, 3.05) is 18.5 Å². The Bertz CT molecular complexity index is 765. The summed E-state index contributed by atoms with van der Waals surface area (Å²) in [7, 11) is 0. The molecular weight excluding hydrogens is 344 g/mol. The number of carbonyl (C=O) groups excluding carboxylic acids is 2. The van der Waals surface area contributed by atoms with E-state index >= 15 is 0 Å². The van der Waals surface area contributed by atoms with E-state index in [4.69, 9.17) is 10.5 Å². The first kappa shape index (κ1) is 18.7. The normalized spacial score (nSPS) is 17.0. The third-order valence-corrected chi connectivity index (χ3v) is 4.59. The zero-order valence-corrected chi connectivity index (χ0v) is 15.1. The standard InChI is InChI=1S/C20H24N4O3/c21-19(25)14-27-17-7-5-16(6-8-17)23-20(26)24-13-3-1-2-4-18(24)15-9-11-22-12-10-15/h5-12,18H,1-4,13-14H2,(H2,21,25)(H,23,26)/t18-/m1/s1. The monoisotopic (exact) mass is 368 g/mol. The summed E-state index contributed by atoms with van der Waals surface area (Å²) in [5.41, 5.74) is 6.84. The van der Waals surface area contributed by atoms with Crippen molar-refractivity contribution < 1.29 is 14.3 Å². The van der Waals surface area contributed by atoms with Crippen molar-refractivity contribution in [3.63, 3.8) is 0 Å². The molecule has 27 heavy (non-hydrogen) atoms. The predicted molar refractivity (Wildman–Crippen MR) is 102 cm³/mol. The summed E-state index contributed by atoms with van der Waals surface area (Å²) >= 11 is 0. The van der Waals surface area contributed by atoms with Crippen LogP contribution >= 0.6 is 0 Å². The van der Waals surface area contributed by atoms with E-state index in [0.29, 0.717) is 11.4 Å². The quantitative estimate of drug-likeness (QED) is 0.847. The van der Waals surface area contributed by atoms with E-state index in [1.54, 1.807) is 36.7 Å². The summed E-state index contributed by atoms with van der Waals surface area (Å²) in [4.78, 5) is 29.7. The molecule has 2 heterocycles. The van der Waals surface area contributed by atoms with E-state index in [9.17, 15) is 9.59 Å². The fourth-order valence-electron chi connectivity index (χ4n) is 3.27. The Morgan fingerprint density at radius 1 is 1.11 bits per heavy atom. The van der Waals surface area contributed by atoms with E-state index in [1.807, 2.05) is 17.0 Å². The Labute approximate surface area is 158 Å². The molecule has 3 amide bonds. The lowest BCUT2D eigenvalue weighted by Gasteiger charge is -2.30. The van der Waals surface area contributed by atoms with Gasteiger partial charge in [-0.05, 0) is 54.8 Å². The molecule has 0 spiro atoms. The number of pyridine rings is 1. The number of aromatic nitrogens is 1. The molecule has 1 aromatic heterocycles. The molecule has 7 nitrogen and oxygen atoms in total. The Hall–Kier alpha value is -3.09. The lowest BCUT2D eigenvalue weighted by atomic mass is 10.0. The Morgan fingerprint density at radius 3 is 2.56 bits per heavy atom. The van der Waals surface area contributed by atoms with Crippen LogP contribution in [0.15, 0.2) is 48.8 Å². The second kappa shape index (κ2) is 9.02. The van der Waals surface area contributed by atoms with Gasteiger partial charge in [0.2, 0.25) is 0 Å². The van der Waals surface area contributed by atoms with Crippen LogP contribution in [0.4, 0.5) is 10.5 Å². The maximum Gasteiger partial charge on any atom is 0.322 e. The topological polar surface area (TPSA) is 97.6 Å². The van der Waals surface area contributed by atoms with Gasteiger partial charge in [0.1, 0.15) is 5.75 Å². The summed E-state index contributed by atoms with van der Waals surface area (Å²) in [6.45, 7) is 0.547. The van der Waals surface area contributed by atoms with Crippen LogP contribution in [-0.2, 0) is 4.79 Å². The van der Waals surface area contributed by atoms with Gasteiger partial charge < -0.3 is 20.7 Å². The Balaban J connectivity index is 1.68. The summed E-state index contributed by atoms with van der Waals surface area (Å²) < 4.78 is 5.23. The van der Waals surface area contributed by atoms with Gasteiger partial charge in [-0.3, -0.25) is 9.78 Å². The molecule has 0 radical (unpaired) electrons. The van der Waals surface area contributed by atoms with Gasteiger partial charge in [0, 0.05) is 24.6 Å². The number of nitrogens with one attached hydrogen (secondary N) is 1. The zero-order valence-electron chi connectivity index (χ0n) is 15.1. The number of nitrogens with zero attached hydrogens (tertiary/aromatic N) is 2. The molecule has 3 rings (SSSR count). The van der Waals surface area contributed by atoms with Gasteiger partial charge in [-0.2, -0.15) is 0 Å². The van der Waals surface area contributed by atoms with Crippen molar-refractivity contribution in [2.24, 2.45) is 5.73 Å². The van der Waals surface area contributed by atoms with E-state index in [0.717, 1.165) is 37.8 Å². The lowest BCUT2D eigenvalue weighted by Crippen LogP contribution is -2.38. The number of likely N-dealkylation sites (tertiary alicyclic amines) is 1. The third-order valence-electron chi connectivity index (χ3n) is 4.59. The molecule has 3 N–H and O–H groups in total. The minimum absolute atomic E-state index is 0.0497. The van der Waals surface area contributed by atoms with Gasteiger partial charge in [-0.1, -0.05) is 12.8 Å². The minimum atomic E-state index is -0.532. The fraction of sp³-hybridized carbons (Fsp3) is 0.350. The summed E-state index contributed by atoms with van der Waals surface area (Å²) in [5, 5.41) is 2.96. The van der Waals surface area contributed by atoms with E-state index in [1.165, 1.54) is 0 Å². The number of ether oxygens (including phenoxy) is 1. The molecule has 1 atom stereocenters. The third kappa shape index (κ3) is 5.20. The number of nitrogens with two attached hydrogens (primary N) is 1. The minimum Gasteiger partial charge on any atom is -0.484 e. The van der Waals surface area contributed by atoms with E-state index in [2.05, 4.69) is 10.3 Å². The number of carbonyl (C=O) groups is 2. The summed E-state index contributed by atoms with van der Waals surface area (Å²) in [6.07, 6.45) is 7.69. The van der Waals surface area contributed by atoms with Crippen LogP contribution in [0.5, 0.6) is 5.75 Å². The second-order valence-corrected chi connectivity index (χ2v) is 6.55. The number of urea groups is 1. The molecular formula is C20H24N4O3. The highest BCUT2D eigenvalue weighted by molar-refractivity contribution is 5.89. The van der Waals surface area contributed by atoms with Gasteiger partial charge in [0.25, 0.3) is 5.91 Å². The molecule has 1 fully saturated rings. The van der Waals surface area contributed by atoms with Gasteiger partial charge >= 0.3 is 6.03 Å². The molecule has 1 aliphatic heterocycles. The van der Waals surface area contributed by atoms with E-state index < -0.39 is 5.91 Å². The summed E-state index contributed by atoms with van der Waals surface area (Å²) in [5.74, 6) is -0.00747. The first-order valence-electron chi connectivity index (χ1n) is 9.12. The number of hydrogen-bond acceptors (Lipinski definition) is 4. The molecule has 7 heteroatoms. The number of benzene rings is 1. The molecule has 1 aromatic carbocycles. The Kier molecular flexibility index (Phi) is 6.25. The average Bonchev–Trinajstić information content (AvgIpc) is 2.94. The van der Waals surface area contributed by atoms with Gasteiger partial charge in [0.15, 0.2) is 6.61 Å². The van der Waals surface area contributed by atoms with Crippen molar-refractivity contribution in [1.29, 1.82) is 0 Å². The van der Waals surface area contributed by atoms with Crippen LogP contribution in [0.25, 0.3) is 0 Å². The molecule has 0 unspecified atom stereocenters. The first-order valence-corrected chi connectivity index (χ1v) is 9.12. The van der Waals surface area contributed by atoms with Crippen LogP contribution in [0, 0.1) is 0 Å². The zero-order chi connectivity index (χ0) is 19.1. The summed E-state index contributed by atoms with van der Waals surface area (Å²) in [6, 6.07) is 10.8. The molecule has 0 bridgehead atoms. The van der Waals surface area contributed by atoms with Crippen molar-refractivity contribution in [3.05, 3.63) is 54.4 Å². The fourth-order valence-corrected chi connectivity index (χ4v) is 3.27. The smallest absolute Gasteiger partial charge is 0.322 e. The number of amides is 3. The number of rotatable bonds is 5. The highest BCUT2D eigenvalue weighted by Crippen LogP contribution is 2.30. The molecule has 1 saturated heterocycles. The highest BCUT2D eigenvalue weighted by atomic mass is 16.5. The molecule has 142 valence electrons. The number of hydrogen-bond donors (Lipinski definition) is 2. The predicted octanol–water partition coefficient (Wildman–Crippen LogP) is 3.09. The van der Waals surface area contributed by atoms with Gasteiger partial charge in [-0.25, -0.2) is 4.79 Å². The maximum absolute atomic E-state index is 12.9. The van der Waals surface area contributed by atoms with Crippen LogP contribution in [0.3, 0.4) is 0 Å². The first-order chi connectivity index (χ1) is 13.1. The second-order valence-electron chi connectivity index (χ2n) is 6.55. The van der Waals surface area contributed by atoms with Gasteiger partial charge in [0.05, 0.1) is 6.04 Å². The SMILES string of the molecule is NC(=O)COc1ccc(NC(=O)N2CCCCC[C@@H]2c2ccncc2)cc1. The Morgan fingerprint density at radius 2 is 1.85 bits per heavy atom. The number of primary amides is 1. The van der Waals surface area contributed by atoms with Crippen LogP contribution < -0.4 is 15.8 Å². The maximum atomic E-state index is 12.9. The van der Waals surface area contributed by atoms with Crippen LogP contribution in [0.1, 0.15) is 37.3 Å². The van der Waals surface area contributed by atoms with Gasteiger partial charge in [-0.15, -0.1) is 0 Å². The van der Waals surface area contributed by atoms with E-state index in [-0.39, 0.29) is 18.7 Å².